The van der Waals surface area contributed by atoms with Gasteiger partial charge in [-0.25, -0.2) is 0 Å². The molecule has 0 aliphatic carbocycles. The second-order valence-electron chi connectivity index (χ2n) is 6.86. The summed E-state index contributed by atoms with van der Waals surface area (Å²) in [5.74, 6) is 0. The number of nitrogens with zero attached hydrogens (tertiary/aromatic N) is 2. The Morgan fingerprint density at radius 1 is 1.23 bits per heavy atom. The number of hydrogen-bond donors (Lipinski definition) is 0. The van der Waals surface area contributed by atoms with E-state index in [4.69, 9.17) is 5.26 Å². The lowest BCUT2D eigenvalue weighted by atomic mass is 9.94. The first-order chi connectivity index (χ1) is 10.3. The Labute approximate surface area is 138 Å². The molecule has 0 saturated heterocycles. The zero-order valence-corrected chi connectivity index (χ0v) is 14.9. The second-order valence-corrected chi connectivity index (χ2v) is 7.91. The Morgan fingerprint density at radius 3 is 2.50 bits per heavy atom. The summed E-state index contributed by atoms with van der Waals surface area (Å²) in [5, 5.41) is 8.85. The summed E-state index contributed by atoms with van der Waals surface area (Å²) in [4.78, 5) is 4.82. The molecule has 0 unspecified atom stereocenters. The van der Waals surface area contributed by atoms with E-state index >= 15 is 0 Å². The molecule has 2 nitrogen and oxygen atoms in total. The Kier molecular flexibility index (Phi) is 5.05. The summed E-state index contributed by atoms with van der Waals surface area (Å²) < 4.78 is 0. The summed E-state index contributed by atoms with van der Waals surface area (Å²) >= 11 is 1.89. The van der Waals surface area contributed by atoms with E-state index in [1.165, 1.54) is 26.4 Å². The first-order valence-electron chi connectivity index (χ1n) is 7.57. The van der Waals surface area contributed by atoms with Gasteiger partial charge in [0.25, 0.3) is 0 Å². The molecule has 22 heavy (non-hydrogen) atoms. The van der Waals surface area contributed by atoms with Crippen LogP contribution < -0.4 is 0 Å². The minimum Gasteiger partial charge on any atom is -0.289 e. The fraction of sp³-hybridized carbons (Fsp3) is 0.421. The predicted octanol–water partition coefficient (Wildman–Crippen LogP) is 4.98. The van der Waals surface area contributed by atoms with Crippen molar-refractivity contribution in [3.05, 3.63) is 46.3 Å². The summed E-state index contributed by atoms with van der Waals surface area (Å²) in [6, 6.07) is 13.1. The minimum absolute atomic E-state index is 0.181. The van der Waals surface area contributed by atoms with Gasteiger partial charge in [-0.2, -0.15) is 5.26 Å². The fourth-order valence-corrected chi connectivity index (χ4v) is 3.76. The number of rotatable bonds is 4. The highest BCUT2D eigenvalue weighted by Crippen LogP contribution is 2.39. The quantitative estimate of drug-likeness (QED) is 0.745. The molecular weight excluding hydrogens is 288 g/mol. The summed E-state index contributed by atoms with van der Waals surface area (Å²) in [7, 11) is 1.99. The molecule has 0 N–H and O–H groups in total. The zero-order valence-electron chi connectivity index (χ0n) is 14.1. The highest BCUT2D eigenvalue weighted by Gasteiger charge is 2.20. The van der Waals surface area contributed by atoms with Crippen molar-refractivity contribution in [3.8, 4) is 16.5 Å². The second kappa shape index (κ2) is 6.64. The van der Waals surface area contributed by atoms with E-state index in [1.807, 2.05) is 23.3 Å². The van der Waals surface area contributed by atoms with Crippen molar-refractivity contribution < 1.29 is 0 Å². The highest BCUT2D eigenvalue weighted by atomic mass is 32.1. The van der Waals surface area contributed by atoms with Gasteiger partial charge in [-0.1, -0.05) is 45.0 Å². The molecule has 0 amide bonds. The number of benzene rings is 1. The van der Waals surface area contributed by atoms with Crippen molar-refractivity contribution in [3.63, 3.8) is 0 Å². The monoisotopic (exact) mass is 312 g/mol. The standard InChI is InChI=1S/C19H24N2S/c1-14-12-17(19(2,3)4)22-18(14)16-9-7-6-8-15(16)13-21(5)11-10-20/h6-9,12H,11,13H2,1-5H3. The lowest BCUT2D eigenvalue weighted by Gasteiger charge is -2.16. The molecule has 2 aromatic rings. The predicted molar refractivity (Wildman–Crippen MR) is 95.1 cm³/mol. The van der Waals surface area contributed by atoms with E-state index in [0.29, 0.717) is 6.54 Å². The summed E-state index contributed by atoms with van der Waals surface area (Å²) in [6.07, 6.45) is 0. The number of nitriles is 1. The first-order valence-corrected chi connectivity index (χ1v) is 8.39. The Bertz CT molecular complexity index is 686. The van der Waals surface area contributed by atoms with Gasteiger partial charge in [0.1, 0.15) is 0 Å². The van der Waals surface area contributed by atoms with Crippen molar-refractivity contribution in [2.75, 3.05) is 13.6 Å². The van der Waals surface area contributed by atoms with Crippen molar-refractivity contribution in [1.29, 1.82) is 5.26 Å². The molecule has 1 aromatic heterocycles. The number of aryl methyl sites for hydroxylation is 1. The summed E-state index contributed by atoms with van der Waals surface area (Å²) in [6.45, 7) is 10.2. The third kappa shape index (κ3) is 3.76. The highest BCUT2D eigenvalue weighted by molar-refractivity contribution is 7.15. The maximum absolute atomic E-state index is 8.85. The van der Waals surface area contributed by atoms with Crippen LogP contribution in [0, 0.1) is 18.3 Å². The molecule has 1 aromatic carbocycles. The van der Waals surface area contributed by atoms with Gasteiger partial charge in [-0.15, -0.1) is 11.3 Å². The maximum Gasteiger partial charge on any atom is 0.0866 e. The smallest absolute Gasteiger partial charge is 0.0866 e. The van der Waals surface area contributed by atoms with Crippen molar-refractivity contribution >= 4 is 11.3 Å². The van der Waals surface area contributed by atoms with Crippen LogP contribution in [0.25, 0.3) is 10.4 Å². The third-order valence-corrected chi connectivity index (χ3v) is 5.40. The van der Waals surface area contributed by atoms with Crippen LogP contribution >= 0.6 is 11.3 Å². The topological polar surface area (TPSA) is 27.0 Å². The zero-order chi connectivity index (χ0) is 16.3. The molecule has 2 rings (SSSR count). The van der Waals surface area contributed by atoms with Crippen LogP contribution in [0.1, 0.15) is 36.8 Å². The first kappa shape index (κ1) is 16.7. The maximum atomic E-state index is 8.85. The van der Waals surface area contributed by atoms with Crippen molar-refractivity contribution in [1.82, 2.24) is 4.90 Å². The van der Waals surface area contributed by atoms with Gasteiger partial charge in [-0.05, 0) is 42.1 Å². The van der Waals surface area contributed by atoms with Crippen LogP contribution in [0.15, 0.2) is 30.3 Å². The molecule has 0 atom stereocenters. The van der Waals surface area contributed by atoms with E-state index < -0.39 is 0 Å². The minimum atomic E-state index is 0.181. The Balaban J connectivity index is 2.42. The molecule has 0 fully saturated rings. The largest absolute Gasteiger partial charge is 0.289 e. The number of thiophene rings is 1. The van der Waals surface area contributed by atoms with Gasteiger partial charge >= 0.3 is 0 Å². The lowest BCUT2D eigenvalue weighted by molar-refractivity contribution is 0.368. The van der Waals surface area contributed by atoms with Gasteiger partial charge in [0.2, 0.25) is 0 Å². The number of hydrogen-bond acceptors (Lipinski definition) is 3. The molecule has 0 aliphatic rings. The Morgan fingerprint density at radius 2 is 1.91 bits per heavy atom. The van der Waals surface area contributed by atoms with Crippen molar-refractivity contribution in [2.24, 2.45) is 0 Å². The van der Waals surface area contributed by atoms with Gasteiger partial charge < -0.3 is 0 Å². The normalized spacial score (nSPS) is 11.7. The molecular formula is C19H24N2S. The van der Waals surface area contributed by atoms with Gasteiger partial charge in [0.15, 0.2) is 0 Å². The average molecular weight is 312 g/mol. The molecule has 0 aliphatic heterocycles. The Hall–Kier alpha value is -1.63. The van der Waals surface area contributed by atoms with E-state index in [1.54, 1.807) is 0 Å². The van der Waals surface area contributed by atoms with Gasteiger partial charge in [-0.3, -0.25) is 4.90 Å². The lowest BCUT2D eigenvalue weighted by Crippen LogP contribution is -2.18. The molecule has 0 radical (unpaired) electrons. The van der Waals surface area contributed by atoms with Gasteiger partial charge in [0, 0.05) is 16.3 Å². The molecule has 0 bridgehead atoms. The molecule has 116 valence electrons. The SMILES string of the molecule is Cc1cc(C(C)(C)C)sc1-c1ccccc1CN(C)CC#N. The van der Waals surface area contributed by atoms with Gasteiger partial charge in [0.05, 0.1) is 12.6 Å². The third-order valence-electron chi connectivity index (χ3n) is 3.70. The summed E-state index contributed by atoms with van der Waals surface area (Å²) in [5.41, 5.74) is 4.10. The molecule has 1 heterocycles. The van der Waals surface area contributed by atoms with Crippen LogP contribution in [0.2, 0.25) is 0 Å². The van der Waals surface area contributed by atoms with Crippen molar-refractivity contribution in [2.45, 2.75) is 39.7 Å². The average Bonchev–Trinajstić information content (AvgIpc) is 2.81. The fourth-order valence-electron chi connectivity index (χ4n) is 2.47. The molecule has 3 heteroatoms. The van der Waals surface area contributed by atoms with Crippen LogP contribution in [-0.4, -0.2) is 18.5 Å². The van der Waals surface area contributed by atoms with E-state index in [2.05, 4.69) is 64.1 Å². The van der Waals surface area contributed by atoms with E-state index in [-0.39, 0.29) is 5.41 Å². The molecule has 0 saturated carbocycles. The van der Waals surface area contributed by atoms with Crippen LogP contribution in [0.4, 0.5) is 0 Å². The van der Waals surface area contributed by atoms with Crippen LogP contribution in [0.3, 0.4) is 0 Å². The van der Waals surface area contributed by atoms with Crippen LogP contribution in [-0.2, 0) is 12.0 Å². The van der Waals surface area contributed by atoms with E-state index in [0.717, 1.165) is 6.54 Å². The molecule has 0 spiro atoms. The van der Waals surface area contributed by atoms with E-state index in [9.17, 15) is 0 Å². The van der Waals surface area contributed by atoms with Crippen LogP contribution in [0.5, 0.6) is 0 Å².